The number of primary amides is 1. The van der Waals surface area contributed by atoms with E-state index in [1.165, 1.54) is 12.3 Å². The molecule has 1 heterocycles. The molecule has 0 aliphatic heterocycles. The first kappa shape index (κ1) is 12.7. The maximum atomic E-state index is 11.4. The molecule has 0 aliphatic rings. The molecule has 0 unspecified atom stereocenters. The van der Waals surface area contributed by atoms with Crippen molar-refractivity contribution in [2.45, 2.75) is 6.92 Å². The summed E-state index contributed by atoms with van der Waals surface area (Å²) < 4.78 is 5.06. The van der Waals surface area contributed by atoms with Crippen molar-refractivity contribution in [1.82, 2.24) is 4.98 Å². The third kappa shape index (κ3) is 2.30. The molecule has 0 spiro atoms. The molecule has 0 saturated heterocycles. The molecule has 7 heteroatoms. The summed E-state index contributed by atoms with van der Waals surface area (Å²) in [6.45, 7) is 1.99. The fourth-order valence-corrected chi connectivity index (χ4v) is 1.55. The van der Waals surface area contributed by atoms with Gasteiger partial charge in [0.15, 0.2) is 5.75 Å². The number of carbonyl (C=O) groups is 1. The normalized spacial score (nSPS) is 10.4. The Labute approximate surface area is 107 Å². The van der Waals surface area contributed by atoms with Crippen LogP contribution in [0.2, 0.25) is 0 Å². The Balaban J connectivity index is 2.29. The van der Waals surface area contributed by atoms with E-state index >= 15 is 0 Å². The zero-order chi connectivity index (χ0) is 14.0. The first-order valence-corrected chi connectivity index (χ1v) is 5.53. The molecule has 0 saturated carbocycles. The van der Waals surface area contributed by atoms with Crippen molar-refractivity contribution in [2.75, 3.05) is 11.9 Å². The second-order valence-electron chi connectivity index (χ2n) is 3.71. The molecule has 3 N–H and O–H groups in total. The average molecular weight is 261 g/mol. The van der Waals surface area contributed by atoms with Gasteiger partial charge < -0.3 is 15.8 Å². The molecule has 0 bridgehead atoms. The van der Waals surface area contributed by atoms with Crippen LogP contribution in [-0.2, 0) is 0 Å². The van der Waals surface area contributed by atoms with Gasteiger partial charge in [0.25, 0.3) is 16.8 Å². The smallest absolute Gasteiger partial charge is 0.272 e. The SMILES string of the molecule is CCOc1c(Nc2ccnc(C(N)=O)c2)c(=O)c1=O. The van der Waals surface area contributed by atoms with Gasteiger partial charge >= 0.3 is 0 Å². The summed E-state index contributed by atoms with van der Waals surface area (Å²) in [7, 11) is 0. The summed E-state index contributed by atoms with van der Waals surface area (Å²) in [5, 5.41) is 2.73. The Morgan fingerprint density at radius 2 is 2.16 bits per heavy atom. The minimum absolute atomic E-state index is 0.00457. The Bertz CT molecular complexity index is 701. The molecule has 1 aromatic heterocycles. The van der Waals surface area contributed by atoms with Crippen LogP contribution < -0.4 is 26.6 Å². The zero-order valence-corrected chi connectivity index (χ0v) is 10.1. The van der Waals surface area contributed by atoms with Gasteiger partial charge in [0.05, 0.1) is 6.61 Å². The molecule has 0 fully saturated rings. The number of anilines is 2. The van der Waals surface area contributed by atoms with Crippen molar-refractivity contribution in [1.29, 1.82) is 0 Å². The lowest BCUT2D eigenvalue weighted by Crippen LogP contribution is -2.35. The van der Waals surface area contributed by atoms with Gasteiger partial charge in [-0.3, -0.25) is 19.4 Å². The van der Waals surface area contributed by atoms with E-state index in [4.69, 9.17) is 10.5 Å². The van der Waals surface area contributed by atoms with Crippen LogP contribution in [0.1, 0.15) is 17.4 Å². The quantitative estimate of drug-likeness (QED) is 0.728. The number of carbonyl (C=O) groups excluding carboxylic acids is 1. The Morgan fingerprint density at radius 1 is 1.42 bits per heavy atom. The van der Waals surface area contributed by atoms with Crippen LogP contribution in [0.15, 0.2) is 27.9 Å². The fourth-order valence-electron chi connectivity index (χ4n) is 1.55. The van der Waals surface area contributed by atoms with E-state index in [9.17, 15) is 14.4 Å². The molecule has 1 aromatic carbocycles. The molecule has 0 atom stereocenters. The van der Waals surface area contributed by atoms with E-state index in [1.807, 2.05) is 0 Å². The maximum Gasteiger partial charge on any atom is 0.272 e. The zero-order valence-electron chi connectivity index (χ0n) is 10.1. The lowest BCUT2D eigenvalue weighted by molar-refractivity contribution is 0.0995. The highest BCUT2D eigenvalue weighted by Crippen LogP contribution is 2.22. The predicted molar refractivity (Wildman–Crippen MR) is 68.6 cm³/mol. The second-order valence-corrected chi connectivity index (χ2v) is 3.71. The number of nitrogens with two attached hydrogens (primary N) is 1. The second kappa shape index (κ2) is 4.89. The number of pyridine rings is 1. The number of ether oxygens (including phenoxy) is 1. The van der Waals surface area contributed by atoms with E-state index in [2.05, 4.69) is 10.3 Å². The lowest BCUT2D eigenvalue weighted by atomic mass is 10.2. The molecular formula is C12H11N3O4. The summed E-state index contributed by atoms with van der Waals surface area (Å²) >= 11 is 0. The van der Waals surface area contributed by atoms with Gasteiger partial charge in [-0.25, -0.2) is 0 Å². The highest BCUT2D eigenvalue weighted by molar-refractivity contribution is 5.91. The monoisotopic (exact) mass is 261 g/mol. The van der Waals surface area contributed by atoms with Crippen molar-refractivity contribution in [3.63, 3.8) is 0 Å². The number of nitrogens with one attached hydrogen (secondary N) is 1. The van der Waals surface area contributed by atoms with Crippen LogP contribution in [0.25, 0.3) is 0 Å². The molecule has 1 amide bonds. The van der Waals surface area contributed by atoms with Crippen LogP contribution in [0.5, 0.6) is 5.75 Å². The molecule has 0 radical (unpaired) electrons. The van der Waals surface area contributed by atoms with E-state index in [0.717, 1.165) is 0 Å². The molecule has 0 aliphatic carbocycles. The molecule has 2 aromatic rings. The van der Waals surface area contributed by atoms with Gasteiger partial charge in [-0.15, -0.1) is 0 Å². The Kier molecular flexibility index (Phi) is 3.28. The van der Waals surface area contributed by atoms with Crippen LogP contribution in [-0.4, -0.2) is 17.5 Å². The highest BCUT2D eigenvalue weighted by atomic mass is 16.5. The summed E-state index contributed by atoms with van der Waals surface area (Å²) in [6, 6.07) is 2.92. The molecule has 7 nitrogen and oxygen atoms in total. The topological polar surface area (TPSA) is 111 Å². The van der Waals surface area contributed by atoms with Crippen LogP contribution >= 0.6 is 0 Å². The van der Waals surface area contributed by atoms with Gasteiger partial charge in [0, 0.05) is 11.9 Å². The van der Waals surface area contributed by atoms with E-state index in [-0.39, 0.29) is 23.7 Å². The van der Waals surface area contributed by atoms with Gasteiger partial charge in [0.1, 0.15) is 11.4 Å². The minimum Gasteiger partial charge on any atom is -0.488 e. The number of nitrogens with zero attached hydrogens (tertiary/aromatic N) is 1. The third-order valence-corrected chi connectivity index (χ3v) is 2.44. The van der Waals surface area contributed by atoms with Gasteiger partial charge in [0.2, 0.25) is 0 Å². The Hall–Kier alpha value is -2.70. The first-order valence-electron chi connectivity index (χ1n) is 5.53. The molecule has 19 heavy (non-hydrogen) atoms. The third-order valence-electron chi connectivity index (χ3n) is 2.44. The summed E-state index contributed by atoms with van der Waals surface area (Å²) in [6.07, 6.45) is 1.37. The molecular weight excluding hydrogens is 250 g/mol. The number of aromatic nitrogens is 1. The largest absolute Gasteiger partial charge is 0.488 e. The standard InChI is InChI=1S/C12H11N3O4/c1-2-19-11-8(9(16)10(11)17)15-6-3-4-14-7(5-6)12(13)18/h3-5H,2H2,1H3,(H2,13,18)(H,14,15). The number of hydrogen-bond acceptors (Lipinski definition) is 6. The van der Waals surface area contributed by atoms with Gasteiger partial charge in [-0.2, -0.15) is 0 Å². The number of rotatable bonds is 5. The molecule has 98 valence electrons. The van der Waals surface area contributed by atoms with Crippen molar-refractivity contribution >= 4 is 17.3 Å². The number of hydrogen-bond donors (Lipinski definition) is 2. The predicted octanol–water partition coefficient (Wildman–Crippen LogP) is -0.0812. The van der Waals surface area contributed by atoms with Gasteiger partial charge in [-0.1, -0.05) is 0 Å². The maximum absolute atomic E-state index is 11.4. The van der Waals surface area contributed by atoms with Crippen LogP contribution in [0, 0.1) is 0 Å². The highest BCUT2D eigenvalue weighted by Gasteiger charge is 2.22. The first-order chi connectivity index (χ1) is 9.04. The van der Waals surface area contributed by atoms with Gasteiger partial charge in [-0.05, 0) is 19.1 Å². The summed E-state index contributed by atoms with van der Waals surface area (Å²) in [5.74, 6) is -0.677. The molecule has 2 rings (SSSR count). The van der Waals surface area contributed by atoms with E-state index in [0.29, 0.717) is 5.69 Å². The van der Waals surface area contributed by atoms with Crippen molar-refractivity contribution in [3.05, 3.63) is 44.5 Å². The van der Waals surface area contributed by atoms with Crippen molar-refractivity contribution in [2.24, 2.45) is 5.73 Å². The number of amides is 1. The van der Waals surface area contributed by atoms with E-state index in [1.54, 1.807) is 13.0 Å². The van der Waals surface area contributed by atoms with E-state index < -0.39 is 16.8 Å². The summed E-state index contributed by atoms with van der Waals surface area (Å²) in [4.78, 5) is 37.4. The van der Waals surface area contributed by atoms with Crippen molar-refractivity contribution in [3.8, 4) is 5.75 Å². The summed E-state index contributed by atoms with van der Waals surface area (Å²) in [5.41, 5.74) is 4.35. The van der Waals surface area contributed by atoms with Crippen molar-refractivity contribution < 1.29 is 9.53 Å². The average Bonchev–Trinajstić information content (AvgIpc) is 2.42. The lowest BCUT2D eigenvalue weighted by Gasteiger charge is -2.13. The minimum atomic E-state index is -0.682. The van der Waals surface area contributed by atoms with Crippen LogP contribution in [0.3, 0.4) is 0 Å². The van der Waals surface area contributed by atoms with Crippen LogP contribution in [0.4, 0.5) is 11.4 Å². The Morgan fingerprint density at radius 3 is 2.79 bits per heavy atom. The fraction of sp³-hybridized carbons (Fsp3) is 0.167.